The molecular weight excluding hydrogens is 532 g/mol. The summed E-state index contributed by atoms with van der Waals surface area (Å²) in [6.45, 7) is 8.92. The summed E-state index contributed by atoms with van der Waals surface area (Å²) in [5.74, 6) is 0.497. The number of ether oxygens (including phenoxy) is 4. The first kappa shape index (κ1) is 32.1. The molecule has 42 heavy (non-hydrogen) atoms. The van der Waals surface area contributed by atoms with Crippen molar-refractivity contribution >= 4 is 23.3 Å². The smallest absolute Gasteiger partial charge is 0.343 e. The van der Waals surface area contributed by atoms with E-state index < -0.39 is 11.9 Å². The highest BCUT2D eigenvalue weighted by molar-refractivity contribution is 5.91. The fourth-order valence-corrected chi connectivity index (χ4v) is 3.78. The van der Waals surface area contributed by atoms with Crippen LogP contribution in [0.3, 0.4) is 0 Å². The van der Waals surface area contributed by atoms with Crippen LogP contribution >= 0.6 is 0 Å². The van der Waals surface area contributed by atoms with E-state index in [0.717, 1.165) is 43.9 Å². The number of hydrogen-bond acceptors (Lipinski definition) is 8. The number of carbonyl (C=O) groups is 2. The Balaban J connectivity index is 1.68. The quantitative estimate of drug-likeness (QED) is 0.0497. The van der Waals surface area contributed by atoms with Gasteiger partial charge in [0.05, 0.1) is 31.1 Å². The Kier molecular flexibility index (Phi) is 13.8. The zero-order valence-corrected chi connectivity index (χ0v) is 24.6. The fourth-order valence-electron chi connectivity index (χ4n) is 3.78. The fraction of sp³-hybridized carbons (Fsp3) is 0.353. The van der Waals surface area contributed by atoms with Crippen molar-refractivity contribution in [3.63, 3.8) is 0 Å². The lowest BCUT2D eigenvalue weighted by atomic mass is 10.1. The Labute approximate surface area is 248 Å². The van der Waals surface area contributed by atoms with Crippen LogP contribution in [0.4, 0.5) is 11.4 Å². The van der Waals surface area contributed by atoms with Crippen LogP contribution in [0, 0.1) is 0 Å². The van der Waals surface area contributed by atoms with Gasteiger partial charge in [-0.05, 0) is 86.2 Å². The lowest BCUT2D eigenvalue weighted by molar-refractivity contribution is -0.137. The second-order valence-electron chi connectivity index (χ2n) is 9.64. The predicted octanol–water partition coefficient (Wildman–Crippen LogP) is 8.73. The Morgan fingerprint density at radius 1 is 0.762 bits per heavy atom. The molecule has 0 saturated carbocycles. The number of aryl methyl sites for hydroxylation is 1. The van der Waals surface area contributed by atoms with Gasteiger partial charge in [-0.3, -0.25) is 0 Å². The molecule has 0 aliphatic carbocycles. The molecule has 222 valence electrons. The largest absolute Gasteiger partial charge is 0.494 e. The van der Waals surface area contributed by atoms with Crippen LogP contribution in [0.2, 0.25) is 0 Å². The van der Waals surface area contributed by atoms with E-state index in [1.54, 1.807) is 42.5 Å². The van der Waals surface area contributed by atoms with Gasteiger partial charge in [-0.2, -0.15) is 5.11 Å². The van der Waals surface area contributed by atoms with E-state index in [4.69, 9.17) is 18.9 Å². The van der Waals surface area contributed by atoms with Crippen molar-refractivity contribution in [1.82, 2.24) is 0 Å². The van der Waals surface area contributed by atoms with Crippen LogP contribution in [0.1, 0.15) is 68.3 Å². The molecule has 8 heteroatoms. The van der Waals surface area contributed by atoms with Crippen LogP contribution in [-0.2, 0) is 16.0 Å². The van der Waals surface area contributed by atoms with Crippen molar-refractivity contribution in [2.45, 2.75) is 58.8 Å². The Morgan fingerprint density at radius 2 is 1.45 bits per heavy atom. The lowest BCUT2D eigenvalue weighted by Crippen LogP contribution is -2.09. The van der Waals surface area contributed by atoms with Gasteiger partial charge in [-0.15, -0.1) is 5.11 Å². The zero-order chi connectivity index (χ0) is 30.0. The molecule has 3 rings (SSSR count). The summed E-state index contributed by atoms with van der Waals surface area (Å²) in [7, 11) is 0. The van der Waals surface area contributed by atoms with Crippen molar-refractivity contribution in [2.75, 3.05) is 19.8 Å². The summed E-state index contributed by atoms with van der Waals surface area (Å²) >= 11 is 0. The summed E-state index contributed by atoms with van der Waals surface area (Å²) in [4.78, 5) is 24.0. The molecule has 0 spiro atoms. The highest BCUT2D eigenvalue weighted by Gasteiger charge is 2.12. The molecule has 0 amide bonds. The molecule has 0 N–H and O–H groups in total. The maximum Gasteiger partial charge on any atom is 0.343 e. The first-order valence-electron chi connectivity index (χ1n) is 14.5. The van der Waals surface area contributed by atoms with Crippen LogP contribution in [0.5, 0.6) is 17.2 Å². The first-order chi connectivity index (χ1) is 20.5. The highest BCUT2D eigenvalue weighted by Crippen LogP contribution is 2.34. The predicted molar refractivity (Wildman–Crippen MR) is 163 cm³/mol. The van der Waals surface area contributed by atoms with Gasteiger partial charge in [0.2, 0.25) is 0 Å². The SMILES string of the molecule is C=CC(=O)OCCCCOc1cc(OC(=O)c2ccc(OCCCC)cc2)ccc1/N=N/c1ccc(CCCC)cc1. The molecule has 0 unspecified atom stereocenters. The van der Waals surface area contributed by atoms with Gasteiger partial charge >= 0.3 is 11.9 Å². The molecule has 0 aliphatic rings. The van der Waals surface area contributed by atoms with Gasteiger partial charge in [0, 0.05) is 12.1 Å². The van der Waals surface area contributed by atoms with Crippen molar-refractivity contribution < 1.29 is 28.5 Å². The average molecular weight is 573 g/mol. The van der Waals surface area contributed by atoms with Gasteiger partial charge in [0.15, 0.2) is 5.75 Å². The van der Waals surface area contributed by atoms with Crippen molar-refractivity contribution in [1.29, 1.82) is 0 Å². The normalized spacial score (nSPS) is 10.8. The molecule has 0 bridgehead atoms. The molecule has 0 fully saturated rings. The third-order valence-corrected chi connectivity index (χ3v) is 6.23. The number of benzene rings is 3. The molecule has 8 nitrogen and oxygen atoms in total. The Morgan fingerprint density at radius 3 is 2.17 bits per heavy atom. The molecule has 0 aliphatic heterocycles. The van der Waals surface area contributed by atoms with E-state index >= 15 is 0 Å². The minimum atomic E-state index is -0.498. The van der Waals surface area contributed by atoms with E-state index in [9.17, 15) is 9.59 Å². The standard InChI is InChI=1S/C34H40N2O6/c1-4-7-11-26-12-16-28(17-13-26)35-36-31-21-20-30(25-32(31)40-23-9-10-24-41-33(37)6-3)42-34(38)27-14-18-29(19-15-27)39-22-8-5-2/h6,12-21,25H,3-5,7-11,22-24H2,1-2H3/b36-35+. The number of hydrogen-bond donors (Lipinski definition) is 0. The maximum atomic E-state index is 12.8. The molecule has 3 aromatic rings. The summed E-state index contributed by atoms with van der Waals surface area (Å²) in [5, 5.41) is 8.78. The Hall–Kier alpha value is -4.46. The first-order valence-corrected chi connectivity index (χ1v) is 14.5. The van der Waals surface area contributed by atoms with Crippen LogP contribution in [0.25, 0.3) is 0 Å². The summed E-state index contributed by atoms with van der Waals surface area (Å²) in [6.07, 6.45) is 7.74. The number of nitrogens with zero attached hydrogens (tertiary/aromatic N) is 2. The molecular formula is C34H40N2O6. The number of carbonyl (C=O) groups excluding carboxylic acids is 2. The van der Waals surface area contributed by atoms with E-state index in [2.05, 4.69) is 42.8 Å². The molecule has 0 saturated heterocycles. The van der Waals surface area contributed by atoms with Crippen LogP contribution in [-0.4, -0.2) is 31.8 Å². The van der Waals surface area contributed by atoms with Crippen LogP contribution in [0.15, 0.2) is 89.6 Å². The third-order valence-electron chi connectivity index (χ3n) is 6.23. The average Bonchev–Trinajstić information content (AvgIpc) is 3.02. The summed E-state index contributed by atoms with van der Waals surface area (Å²) in [6, 6.07) is 19.9. The molecule has 0 radical (unpaired) electrons. The molecule has 3 aromatic carbocycles. The molecule has 0 heterocycles. The van der Waals surface area contributed by atoms with E-state index in [-0.39, 0.29) is 6.61 Å². The monoisotopic (exact) mass is 572 g/mol. The van der Waals surface area contributed by atoms with E-state index in [0.29, 0.717) is 54.6 Å². The number of unbranched alkanes of at least 4 members (excludes halogenated alkanes) is 3. The lowest BCUT2D eigenvalue weighted by Gasteiger charge is -2.11. The van der Waals surface area contributed by atoms with Gasteiger partial charge in [0.1, 0.15) is 17.2 Å². The molecule has 0 aromatic heterocycles. The molecule has 0 atom stereocenters. The van der Waals surface area contributed by atoms with E-state index in [1.807, 2.05) is 12.1 Å². The number of rotatable bonds is 18. The van der Waals surface area contributed by atoms with Gasteiger partial charge < -0.3 is 18.9 Å². The maximum absolute atomic E-state index is 12.8. The minimum Gasteiger partial charge on any atom is -0.494 e. The topological polar surface area (TPSA) is 95.8 Å². The zero-order valence-electron chi connectivity index (χ0n) is 24.6. The number of azo groups is 1. The van der Waals surface area contributed by atoms with Crippen molar-refractivity contribution in [3.8, 4) is 17.2 Å². The highest BCUT2D eigenvalue weighted by atomic mass is 16.5. The minimum absolute atomic E-state index is 0.273. The van der Waals surface area contributed by atoms with Crippen molar-refractivity contribution in [3.05, 3.63) is 90.5 Å². The van der Waals surface area contributed by atoms with Gasteiger partial charge in [-0.25, -0.2) is 9.59 Å². The van der Waals surface area contributed by atoms with E-state index in [1.165, 1.54) is 5.56 Å². The van der Waals surface area contributed by atoms with Gasteiger partial charge in [0.25, 0.3) is 0 Å². The number of esters is 2. The summed E-state index contributed by atoms with van der Waals surface area (Å²) < 4.78 is 22.3. The third kappa shape index (κ3) is 11.2. The second-order valence-corrected chi connectivity index (χ2v) is 9.64. The Bertz CT molecular complexity index is 1300. The van der Waals surface area contributed by atoms with Gasteiger partial charge in [-0.1, -0.05) is 45.4 Å². The second kappa shape index (κ2) is 18.1. The summed E-state index contributed by atoms with van der Waals surface area (Å²) in [5.41, 5.74) is 2.89. The van der Waals surface area contributed by atoms with Crippen molar-refractivity contribution in [2.24, 2.45) is 10.2 Å². The van der Waals surface area contributed by atoms with Crippen LogP contribution < -0.4 is 14.2 Å².